The number of nitrogens with one attached hydrogen (secondary N) is 1. The van der Waals surface area contributed by atoms with Crippen molar-refractivity contribution in [2.24, 2.45) is 0 Å². The van der Waals surface area contributed by atoms with Crippen LogP contribution in [0.15, 0.2) is 57.7 Å². The first-order valence-electron chi connectivity index (χ1n) is 8.37. The first-order valence-corrected chi connectivity index (χ1v) is 8.37. The van der Waals surface area contributed by atoms with Crippen molar-refractivity contribution in [2.75, 3.05) is 11.9 Å². The summed E-state index contributed by atoms with van der Waals surface area (Å²) in [6.07, 6.45) is 0. The van der Waals surface area contributed by atoms with Crippen LogP contribution in [0.1, 0.15) is 17.3 Å². The summed E-state index contributed by atoms with van der Waals surface area (Å²) in [5.41, 5.74) is 1.21. The maximum Gasteiger partial charge on any atom is 0.437 e. The maximum atomic E-state index is 13.0. The molecule has 28 heavy (non-hydrogen) atoms. The Morgan fingerprint density at radius 3 is 2.46 bits per heavy atom. The van der Waals surface area contributed by atoms with Crippen LogP contribution < -0.4 is 11.1 Å². The van der Waals surface area contributed by atoms with Gasteiger partial charge in [-0.1, -0.05) is 0 Å². The Bertz CT molecular complexity index is 1040. The predicted octanol–water partition coefficient (Wildman–Crippen LogP) is 2.46. The topological polar surface area (TPSA) is 103 Å². The van der Waals surface area contributed by atoms with E-state index < -0.39 is 23.4 Å². The Morgan fingerprint density at radius 1 is 1.14 bits per heavy atom. The zero-order chi connectivity index (χ0) is 20.1. The Kier molecular flexibility index (Phi) is 5.64. The van der Waals surface area contributed by atoms with Crippen molar-refractivity contribution >= 4 is 17.6 Å². The smallest absolute Gasteiger partial charge is 0.437 e. The molecule has 8 nitrogen and oxygen atoms in total. The summed E-state index contributed by atoms with van der Waals surface area (Å²) in [6, 6.07) is 11.4. The minimum atomic E-state index is -0.813. The molecule has 0 saturated carbocycles. The molecule has 144 valence electrons. The van der Waals surface area contributed by atoms with Gasteiger partial charge in [0.05, 0.1) is 12.2 Å². The van der Waals surface area contributed by atoms with Crippen LogP contribution in [-0.4, -0.2) is 28.3 Å². The molecule has 0 spiro atoms. The Balaban J connectivity index is 1.66. The number of ether oxygens (including phenoxy) is 1. The van der Waals surface area contributed by atoms with Gasteiger partial charge in [0.15, 0.2) is 0 Å². The van der Waals surface area contributed by atoms with Crippen molar-refractivity contribution < 1.29 is 23.1 Å². The minimum absolute atomic E-state index is 0.0170. The summed E-state index contributed by atoms with van der Waals surface area (Å²) in [5, 5.41) is 6.53. The zero-order valence-corrected chi connectivity index (χ0v) is 14.8. The average Bonchev–Trinajstić information content (AvgIpc) is 3.03. The number of hydrogen-bond donors (Lipinski definition) is 1. The van der Waals surface area contributed by atoms with Gasteiger partial charge < -0.3 is 14.5 Å². The molecular formula is C19H16FN3O5. The lowest BCUT2D eigenvalue weighted by Gasteiger charge is -2.06. The lowest BCUT2D eigenvalue weighted by atomic mass is 10.2. The number of esters is 1. The Labute approximate surface area is 158 Å². The molecule has 0 aliphatic carbocycles. The van der Waals surface area contributed by atoms with Crippen molar-refractivity contribution in [1.82, 2.24) is 9.78 Å². The number of hydrogen-bond acceptors (Lipinski definition) is 6. The fourth-order valence-electron chi connectivity index (χ4n) is 2.36. The van der Waals surface area contributed by atoms with E-state index in [1.807, 2.05) is 0 Å². The van der Waals surface area contributed by atoms with Gasteiger partial charge in [0.1, 0.15) is 12.4 Å². The van der Waals surface area contributed by atoms with Crippen molar-refractivity contribution in [2.45, 2.75) is 13.5 Å². The molecule has 3 aromatic rings. The van der Waals surface area contributed by atoms with E-state index in [0.29, 0.717) is 16.8 Å². The molecule has 0 unspecified atom stereocenters. The van der Waals surface area contributed by atoms with Gasteiger partial charge in [0.25, 0.3) is 0 Å². The van der Waals surface area contributed by atoms with E-state index in [1.165, 1.54) is 36.4 Å². The van der Waals surface area contributed by atoms with Crippen LogP contribution in [0.5, 0.6) is 0 Å². The second-order valence-corrected chi connectivity index (χ2v) is 5.68. The molecule has 2 aromatic carbocycles. The summed E-state index contributed by atoms with van der Waals surface area (Å²) in [6.45, 7) is 1.60. The largest absolute Gasteiger partial charge is 0.462 e. The Morgan fingerprint density at radius 2 is 1.82 bits per heavy atom. The van der Waals surface area contributed by atoms with E-state index in [0.717, 1.165) is 4.68 Å². The van der Waals surface area contributed by atoms with Crippen LogP contribution in [-0.2, 0) is 16.1 Å². The standard InChI is InChI=1S/C19H16FN3O5/c1-2-27-18(25)13-5-9-15(10-6-13)21-16(24)11-23-19(26)28-17(22-23)12-3-7-14(20)8-4-12/h3-10H,2,11H2,1H3,(H,21,24). The summed E-state index contributed by atoms with van der Waals surface area (Å²) in [5.74, 6) is -2.23. The van der Waals surface area contributed by atoms with Gasteiger partial charge in [-0.25, -0.2) is 14.0 Å². The number of aromatic nitrogens is 2. The van der Waals surface area contributed by atoms with Crippen LogP contribution in [0.3, 0.4) is 0 Å². The minimum Gasteiger partial charge on any atom is -0.462 e. The number of anilines is 1. The predicted molar refractivity (Wildman–Crippen MR) is 97.2 cm³/mol. The molecule has 1 aromatic heterocycles. The number of amides is 1. The molecule has 0 radical (unpaired) electrons. The highest BCUT2D eigenvalue weighted by Crippen LogP contribution is 2.15. The molecule has 3 rings (SSSR count). The van der Waals surface area contributed by atoms with E-state index in [-0.39, 0.29) is 19.0 Å². The normalized spacial score (nSPS) is 10.5. The summed E-state index contributed by atoms with van der Waals surface area (Å²) >= 11 is 0. The third-order valence-electron chi connectivity index (χ3n) is 3.67. The molecule has 0 aliphatic heterocycles. The lowest BCUT2D eigenvalue weighted by molar-refractivity contribution is -0.117. The molecule has 0 saturated heterocycles. The molecular weight excluding hydrogens is 369 g/mol. The average molecular weight is 385 g/mol. The van der Waals surface area contributed by atoms with Crippen LogP contribution >= 0.6 is 0 Å². The fraction of sp³-hybridized carbons (Fsp3) is 0.158. The summed E-state index contributed by atoms with van der Waals surface area (Å²) in [7, 11) is 0. The van der Waals surface area contributed by atoms with Gasteiger partial charge in [-0.2, -0.15) is 4.68 Å². The second-order valence-electron chi connectivity index (χ2n) is 5.68. The van der Waals surface area contributed by atoms with E-state index in [2.05, 4.69) is 10.4 Å². The number of carbonyl (C=O) groups is 2. The highest BCUT2D eigenvalue weighted by molar-refractivity contribution is 5.92. The molecule has 1 heterocycles. The van der Waals surface area contributed by atoms with Crippen molar-refractivity contribution in [1.29, 1.82) is 0 Å². The Hall–Kier alpha value is -3.75. The summed E-state index contributed by atoms with van der Waals surface area (Å²) < 4.78 is 23.7. The summed E-state index contributed by atoms with van der Waals surface area (Å²) in [4.78, 5) is 35.6. The van der Waals surface area contributed by atoms with E-state index in [1.54, 1.807) is 19.1 Å². The third kappa shape index (κ3) is 4.50. The van der Waals surface area contributed by atoms with Gasteiger partial charge in [-0.15, -0.1) is 5.10 Å². The zero-order valence-electron chi connectivity index (χ0n) is 14.8. The van der Waals surface area contributed by atoms with Crippen LogP contribution in [0.2, 0.25) is 0 Å². The van der Waals surface area contributed by atoms with E-state index in [4.69, 9.17) is 9.15 Å². The first kappa shape index (κ1) is 19.0. The van der Waals surface area contributed by atoms with Crippen LogP contribution in [0.25, 0.3) is 11.5 Å². The van der Waals surface area contributed by atoms with Crippen LogP contribution in [0, 0.1) is 5.82 Å². The van der Waals surface area contributed by atoms with Crippen LogP contribution in [0.4, 0.5) is 10.1 Å². The fourth-order valence-corrected chi connectivity index (χ4v) is 2.36. The molecule has 0 fully saturated rings. The molecule has 0 atom stereocenters. The molecule has 1 N–H and O–H groups in total. The van der Waals surface area contributed by atoms with Gasteiger partial charge >= 0.3 is 11.7 Å². The number of nitrogens with zero attached hydrogens (tertiary/aromatic N) is 2. The maximum absolute atomic E-state index is 13.0. The quantitative estimate of drug-likeness (QED) is 0.654. The molecule has 9 heteroatoms. The highest BCUT2D eigenvalue weighted by Gasteiger charge is 2.14. The number of carbonyl (C=O) groups excluding carboxylic acids is 2. The van der Waals surface area contributed by atoms with Crippen molar-refractivity contribution in [3.05, 3.63) is 70.5 Å². The first-order chi connectivity index (χ1) is 13.5. The van der Waals surface area contributed by atoms with E-state index >= 15 is 0 Å². The second kappa shape index (κ2) is 8.30. The van der Waals surface area contributed by atoms with Gasteiger partial charge in [0, 0.05) is 11.3 Å². The van der Waals surface area contributed by atoms with E-state index in [9.17, 15) is 18.8 Å². The van der Waals surface area contributed by atoms with Gasteiger partial charge in [0.2, 0.25) is 11.8 Å². The molecule has 1 amide bonds. The number of rotatable bonds is 6. The van der Waals surface area contributed by atoms with Crippen molar-refractivity contribution in [3.63, 3.8) is 0 Å². The third-order valence-corrected chi connectivity index (χ3v) is 3.67. The number of halogens is 1. The van der Waals surface area contributed by atoms with Crippen molar-refractivity contribution in [3.8, 4) is 11.5 Å². The molecule has 0 aliphatic rings. The number of benzene rings is 2. The monoisotopic (exact) mass is 385 g/mol. The SMILES string of the molecule is CCOC(=O)c1ccc(NC(=O)Cn2nc(-c3ccc(F)cc3)oc2=O)cc1. The lowest BCUT2D eigenvalue weighted by Crippen LogP contribution is -2.25. The highest BCUT2D eigenvalue weighted by atomic mass is 19.1. The van der Waals surface area contributed by atoms with Gasteiger partial charge in [-0.05, 0) is 55.5 Å². The molecule has 0 bridgehead atoms. The van der Waals surface area contributed by atoms with Gasteiger partial charge in [-0.3, -0.25) is 4.79 Å².